The first-order valence-electron chi connectivity index (χ1n) is 8.78. The van der Waals surface area contributed by atoms with E-state index in [-0.39, 0.29) is 11.7 Å². The number of anilines is 1. The molecule has 2 aromatic heterocycles. The summed E-state index contributed by atoms with van der Waals surface area (Å²) in [4.78, 5) is 31.7. The number of ether oxygens (including phenoxy) is 1. The number of fused-ring (bicyclic) bond motifs is 3. The van der Waals surface area contributed by atoms with Crippen molar-refractivity contribution >= 4 is 51.4 Å². The van der Waals surface area contributed by atoms with Gasteiger partial charge in [0.15, 0.2) is 5.65 Å². The number of para-hydroxylation sites is 1. The van der Waals surface area contributed by atoms with Crippen LogP contribution in [0.4, 0.5) is 5.69 Å². The van der Waals surface area contributed by atoms with Crippen LogP contribution in [0.2, 0.25) is 0 Å². The third kappa shape index (κ3) is 3.90. The lowest BCUT2D eigenvalue weighted by atomic mass is 10.1. The summed E-state index contributed by atoms with van der Waals surface area (Å²) in [6.45, 7) is 1.85. The zero-order valence-electron chi connectivity index (χ0n) is 15.7. The zero-order valence-corrected chi connectivity index (χ0v) is 16.5. The number of aromatic amines is 1. The van der Waals surface area contributed by atoms with Gasteiger partial charge >= 0.3 is 5.97 Å². The van der Waals surface area contributed by atoms with Crippen molar-refractivity contribution in [1.29, 1.82) is 0 Å². The summed E-state index contributed by atoms with van der Waals surface area (Å²) in [5.41, 5.74) is 4.04. The maximum atomic E-state index is 12.4. The number of hydrogen-bond acceptors (Lipinski definition) is 7. The molecule has 29 heavy (non-hydrogen) atoms. The fourth-order valence-electron chi connectivity index (χ4n) is 2.88. The number of aromatic nitrogens is 4. The Morgan fingerprint density at radius 2 is 2.00 bits per heavy atom. The standard InChI is InChI=1S/C20H17N5O3S/c1-11-7-8-12(19(27)28-2)9-15(11)21-16(26)10-29-20-23-18-17(24-25-20)13-5-3-4-6-14(13)22-18/h3-9H,10H2,1-2H3,(H,21,26)(H,22,23,25). The summed E-state index contributed by atoms with van der Waals surface area (Å²) in [6.07, 6.45) is 0. The van der Waals surface area contributed by atoms with Crippen LogP contribution in [0.25, 0.3) is 22.1 Å². The van der Waals surface area contributed by atoms with E-state index in [9.17, 15) is 9.59 Å². The Morgan fingerprint density at radius 1 is 1.17 bits per heavy atom. The Morgan fingerprint density at radius 3 is 2.83 bits per heavy atom. The number of nitrogens with one attached hydrogen (secondary N) is 2. The highest BCUT2D eigenvalue weighted by Crippen LogP contribution is 2.23. The molecule has 0 fully saturated rings. The molecule has 4 aromatic rings. The van der Waals surface area contributed by atoms with Gasteiger partial charge in [-0.05, 0) is 30.7 Å². The molecule has 9 heteroatoms. The van der Waals surface area contributed by atoms with Gasteiger partial charge in [0.25, 0.3) is 0 Å². The molecule has 0 spiro atoms. The van der Waals surface area contributed by atoms with Crippen molar-refractivity contribution < 1.29 is 14.3 Å². The molecule has 0 saturated heterocycles. The highest BCUT2D eigenvalue weighted by molar-refractivity contribution is 7.99. The monoisotopic (exact) mass is 407 g/mol. The summed E-state index contributed by atoms with van der Waals surface area (Å²) in [7, 11) is 1.31. The molecule has 0 bridgehead atoms. The van der Waals surface area contributed by atoms with Gasteiger partial charge in [0.2, 0.25) is 11.1 Å². The third-order valence-corrected chi connectivity index (χ3v) is 5.21. The highest BCUT2D eigenvalue weighted by atomic mass is 32.2. The first-order chi connectivity index (χ1) is 14.0. The predicted molar refractivity (Wildman–Crippen MR) is 111 cm³/mol. The lowest BCUT2D eigenvalue weighted by Gasteiger charge is -2.09. The van der Waals surface area contributed by atoms with Crippen molar-refractivity contribution in [3.63, 3.8) is 0 Å². The molecule has 2 N–H and O–H groups in total. The lowest BCUT2D eigenvalue weighted by molar-refractivity contribution is -0.113. The van der Waals surface area contributed by atoms with Crippen LogP contribution in [0, 0.1) is 6.92 Å². The quantitative estimate of drug-likeness (QED) is 0.386. The van der Waals surface area contributed by atoms with Gasteiger partial charge in [-0.15, -0.1) is 10.2 Å². The van der Waals surface area contributed by atoms with Crippen LogP contribution in [0.5, 0.6) is 0 Å². The topological polar surface area (TPSA) is 110 Å². The molecule has 0 aliphatic rings. The zero-order chi connectivity index (χ0) is 20.4. The Balaban J connectivity index is 1.46. The van der Waals surface area contributed by atoms with Gasteiger partial charge < -0.3 is 15.0 Å². The Kier molecular flexibility index (Phi) is 5.13. The average molecular weight is 407 g/mol. The summed E-state index contributed by atoms with van der Waals surface area (Å²) in [5.74, 6) is -0.587. The number of benzene rings is 2. The second kappa shape index (κ2) is 7.88. The van der Waals surface area contributed by atoms with E-state index in [2.05, 4.69) is 25.5 Å². The van der Waals surface area contributed by atoms with Crippen LogP contribution < -0.4 is 5.32 Å². The van der Waals surface area contributed by atoms with E-state index in [1.165, 1.54) is 18.9 Å². The van der Waals surface area contributed by atoms with Crippen LogP contribution in [-0.4, -0.2) is 44.9 Å². The van der Waals surface area contributed by atoms with E-state index in [0.29, 0.717) is 27.6 Å². The van der Waals surface area contributed by atoms with Gasteiger partial charge in [-0.1, -0.05) is 36.0 Å². The predicted octanol–water partition coefficient (Wildman–Crippen LogP) is 3.33. The number of carbonyl (C=O) groups excluding carboxylic acids is 2. The molecule has 8 nitrogen and oxygen atoms in total. The van der Waals surface area contributed by atoms with Crippen LogP contribution in [0.3, 0.4) is 0 Å². The van der Waals surface area contributed by atoms with Gasteiger partial charge in [-0.25, -0.2) is 9.78 Å². The first-order valence-corrected chi connectivity index (χ1v) is 9.76. The van der Waals surface area contributed by atoms with E-state index in [1.54, 1.807) is 18.2 Å². The Bertz CT molecular complexity index is 1240. The molecule has 146 valence electrons. The largest absolute Gasteiger partial charge is 0.465 e. The molecule has 0 aliphatic heterocycles. The second-order valence-electron chi connectivity index (χ2n) is 6.32. The number of methoxy groups -OCH3 is 1. The molecule has 0 radical (unpaired) electrons. The third-order valence-electron chi connectivity index (χ3n) is 4.37. The first kappa shape index (κ1) is 18.9. The minimum absolute atomic E-state index is 0.106. The molecule has 0 unspecified atom stereocenters. The second-order valence-corrected chi connectivity index (χ2v) is 7.26. The number of thioether (sulfide) groups is 1. The number of carbonyl (C=O) groups is 2. The van der Waals surface area contributed by atoms with Gasteiger partial charge in [0.1, 0.15) is 5.52 Å². The number of rotatable bonds is 5. The average Bonchev–Trinajstić information content (AvgIpc) is 3.11. The number of H-pyrrole nitrogens is 1. The van der Waals surface area contributed by atoms with Crippen molar-refractivity contribution in [1.82, 2.24) is 20.2 Å². The van der Waals surface area contributed by atoms with Gasteiger partial charge in [-0.2, -0.15) is 0 Å². The van der Waals surface area contributed by atoms with E-state index in [0.717, 1.165) is 16.5 Å². The Labute approximate surface area is 170 Å². The number of amides is 1. The highest BCUT2D eigenvalue weighted by Gasteiger charge is 2.13. The van der Waals surface area contributed by atoms with Gasteiger partial charge in [0, 0.05) is 16.6 Å². The van der Waals surface area contributed by atoms with Crippen molar-refractivity contribution in [3.8, 4) is 0 Å². The normalized spacial score (nSPS) is 11.0. The molecule has 4 rings (SSSR count). The fraction of sp³-hybridized carbons (Fsp3) is 0.150. The van der Waals surface area contributed by atoms with Crippen LogP contribution in [0.1, 0.15) is 15.9 Å². The number of aryl methyl sites for hydroxylation is 1. The van der Waals surface area contributed by atoms with Gasteiger partial charge in [-0.3, -0.25) is 4.79 Å². The van der Waals surface area contributed by atoms with Crippen molar-refractivity contribution in [2.24, 2.45) is 0 Å². The number of nitrogens with zero attached hydrogens (tertiary/aromatic N) is 3. The Hall–Kier alpha value is -3.46. The van der Waals surface area contributed by atoms with E-state index in [1.807, 2.05) is 31.2 Å². The fourth-order valence-corrected chi connectivity index (χ4v) is 3.47. The van der Waals surface area contributed by atoms with E-state index in [4.69, 9.17) is 4.74 Å². The van der Waals surface area contributed by atoms with Crippen molar-refractivity contribution in [3.05, 3.63) is 53.6 Å². The maximum absolute atomic E-state index is 12.4. The molecule has 1 amide bonds. The number of hydrogen-bond donors (Lipinski definition) is 2. The van der Waals surface area contributed by atoms with Gasteiger partial charge in [0.05, 0.1) is 18.4 Å². The summed E-state index contributed by atoms with van der Waals surface area (Å²) in [5, 5.41) is 12.5. The summed E-state index contributed by atoms with van der Waals surface area (Å²) < 4.78 is 4.72. The van der Waals surface area contributed by atoms with E-state index < -0.39 is 5.97 Å². The van der Waals surface area contributed by atoms with Crippen molar-refractivity contribution in [2.45, 2.75) is 12.1 Å². The number of esters is 1. The summed E-state index contributed by atoms with van der Waals surface area (Å²) in [6, 6.07) is 12.8. The molecule has 0 aliphatic carbocycles. The maximum Gasteiger partial charge on any atom is 0.337 e. The molecule has 2 heterocycles. The van der Waals surface area contributed by atoms with E-state index >= 15 is 0 Å². The summed E-state index contributed by atoms with van der Waals surface area (Å²) >= 11 is 1.18. The molecule has 0 atom stereocenters. The molecular weight excluding hydrogens is 390 g/mol. The van der Waals surface area contributed by atoms with Crippen molar-refractivity contribution in [2.75, 3.05) is 18.2 Å². The minimum Gasteiger partial charge on any atom is -0.465 e. The van der Waals surface area contributed by atoms with Crippen LogP contribution in [-0.2, 0) is 9.53 Å². The van der Waals surface area contributed by atoms with Crippen LogP contribution in [0.15, 0.2) is 47.6 Å². The van der Waals surface area contributed by atoms with Crippen LogP contribution >= 0.6 is 11.8 Å². The lowest BCUT2D eigenvalue weighted by Crippen LogP contribution is -2.16. The SMILES string of the molecule is COC(=O)c1ccc(C)c(NC(=O)CSc2nnc3c(n2)[nH]c2ccccc23)c1. The molecule has 2 aromatic carbocycles. The molecule has 0 saturated carbocycles. The minimum atomic E-state index is -0.457. The smallest absolute Gasteiger partial charge is 0.337 e. The molecular formula is C20H17N5O3S.